The second-order valence-corrected chi connectivity index (χ2v) is 4.22. The number of hydrogen-bond donors (Lipinski definition) is 2. The van der Waals surface area contributed by atoms with E-state index in [0.29, 0.717) is 6.54 Å². The monoisotopic (exact) mass is 207 g/mol. The summed E-state index contributed by atoms with van der Waals surface area (Å²) in [5.41, 5.74) is 5.88. The van der Waals surface area contributed by atoms with Crippen molar-refractivity contribution in [3.8, 4) is 0 Å². The topological polar surface area (TPSA) is 62.4 Å². The Morgan fingerprint density at radius 2 is 2.27 bits per heavy atom. The molecule has 2 rings (SSSR count). The fraction of sp³-hybridized carbons (Fsp3) is 0.545. The van der Waals surface area contributed by atoms with Crippen molar-refractivity contribution in [3.63, 3.8) is 0 Å². The van der Waals surface area contributed by atoms with E-state index in [1.807, 2.05) is 25.1 Å². The summed E-state index contributed by atoms with van der Waals surface area (Å²) < 4.78 is 0. The second kappa shape index (κ2) is 4.16. The molecular weight excluding hydrogens is 190 g/mol. The van der Waals surface area contributed by atoms with E-state index in [2.05, 4.69) is 9.88 Å². The number of aliphatic hydroxyl groups excluding tert-OH is 1. The van der Waals surface area contributed by atoms with Crippen LogP contribution in [-0.4, -0.2) is 35.3 Å². The maximum Gasteiger partial charge on any atom is 0.128 e. The van der Waals surface area contributed by atoms with Gasteiger partial charge in [-0.05, 0) is 12.1 Å². The molecule has 1 aromatic rings. The molecule has 4 heteroatoms. The molecule has 3 unspecified atom stereocenters. The van der Waals surface area contributed by atoms with Crippen molar-refractivity contribution in [3.05, 3.63) is 24.4 Å². The molecule has 1 aliphatic heterocycles. The van der Waals surface area contributed by atoms with Gasteiger partial charge in [0.25, 0.3) is 0 Å². The zero-order valence-electron chi connectivity index (χ0n) is 8.87. The average molecular weight is 207 g/mol. The van der Waals surface area contributed by atoms with Gasteiger partial charge < -0.3 is 15.7 Å². The van der Waals surface area contributed by atoms with Crippen molar-refractivity contribution in [2.75, 3.05) is 18.0 Å². The molecule has 1 fully saturated rings. The van der Waals surface area contributed by atoms with Crippen LogP contribution >= 0.6 is 0 Å². The number of nitrogens with two attached hydrogens (primary N) is 1. The van der Waals surface area contributed by atoms with E-state index in [1.165, 1.54) is 0 Å². The molecule has 0 bridgehead atoms. The van der Waals surface area contributed by atoms with E-state index >= 15 is 0 Å². The molecule has 0 radical (unpaired) electrons. The molecule has 2 heterocycles. The number of aliphatic hydroxyl groups is 1. The first-order valence-corrected chi connectivity index (χ1v) is 5.28. The number of nitrogens with zero attached hydrogens (tertiary/aromatic N) is 2. The summed E-state index contributed by atoms with van der Waals surface area (Å²) in [5, 5.41) is 9.74. The molecule has 0 spiro atoms. The van der Waals surface area contributed by atoms with E-state index in [1.54, 1.807) is 6.20 Å². The molecule has 0 saturated carbocycles. The van der Waals surface area contributed by atoms with Gasteiger partial charge in [0.1, 0.15) is 5.82 Å². The van der Waals surface area contributed by atoms with Crippen LogP contribution in [0.3, 0.4) is 0 Å². The van der Waals surface area contributed by atoms with Crippen LogP contribution in [0.5, 0.6) is 0 Å². The van der Waals surface area contributed by atoms with Gasteiger partial charge in [-0.2, -0.15) is 0 Å². The Hall–Kier alpha value is -1.13. The summed E-state index contributed by atoms with van der Waals surface area (Å²) in [6.07, 6.45) is 1.38. The molecular formula is C11H17N3O. The van der Waals surface area contributed by atoms with Crippen molar-refractivity contribution in [2.45, 2.75) is 19.1 Å². The van der Waals surface area contributed by atoms with Gasteiger partial charge in [0.2, 0.25) is 0 Å². The lowest BCUT2D eigenvalue weighted by Gasteiger charge is -2.39. The number of piperidine rings is 1. The molecule has 15 heavy (non-hydrogen) atoms. The molecule has 0 aliphatic carbocycles. The van der Waals surface area contributed by atoms with E-state index in [4.69, 9.17) is 5.73 Å². The molecule has 4 nitrogen and oxygen atoms in total. The van der Waals surface area contributed by atoms with Crippen LogP contribution in [-0.2, 0) is 0 Å². The summed E-state index contributed by atoms with van der Waals surface area (Å²) in [4.78, 5) is 6.41. The van der Waals surface area contributed by atoms with Crippen LogP contribution in [0.15, 0.2) is 24.4 Å². The Bertz CT molecular complexity index is 305. The molecule has 3 N–H and O–H groups in total. The molecule has 0 amide bonds. The Morgan fingerprint density at radius 3 is 2.87 bits per heavy atom. The number of anilines is 1. The molecule has 1 aliphatic rings. The van der Waals surface area contributed by atoms with E-state index < -0.39 is 6.10 Å². The normalized spacial score (nSPS) is 31.7. The molecule has 82 valence electrons. The quantitative estimate of drug-likeness (QED) is 0.692. The lowest BCUT2D eigenvalue weighted by Crippen LogP contribution is -2.55. The maximum absolute atomic E-state index is 9.74. The standard InChI is InChI=1S/C11H17N3O/c1-8-6-14(7-9(12)11(8)15)10-4-2-3-5-13-10/h2-5,8-9,11,15H,6-7,12H2,1H3. The van der Waals surface area contributed by atoms with Gasteiger partial charge in [-0.25, -0.2) is 4.98 Å². The van der Waals surface area contributed by atoms with Gasteiger partial charge in [0.15, 0.2) is 0 Å². The van der Waals surface area contributed by atoms with E-state index in [0.717, 1.165) is 12.4 Å². The van der Waals surface area contributed by atoms with Crippen molar-refractivity contribution < 1.29 is 5.11 Å². The van der Waals surface area contributed by atoms with Crippen LogP contribution in [0.2, 0.25) is 0 Å². The van der Waals surface area contributed by atoms with Crippen LogP contribution < -0.4 is 10.6 Å². The number of pyridine rings is 1. The SMILES string of the molecule is CC1CN(c2ccccn2)CC(N)C1O. The highest BCUT2D eigenvalue weighted by atomic mass is 16.3. The first kappa shape index (κ1) is 10.4. The van der Waals surface area contributed by atoms with E-state index in [9.17, 15) is 5.11 Å². The largest absolute Gasteiger partial charge is 0.391 e. The van der Waals surface area contributed by atoms with Crippen molar-refractivity contribution in [1.29, 1.82) is 0 Å². The van der Waals surface area contributed by atoms with Crippen molar-refractivity contribution in [2.24, 2.45) is 11.7 Å². The highest BCUT2D eigenvalue weighted by Crippen LogP contribution is 2.20. The van der Waals surface area contributed by atoms with Gasteiger partial charge in [0.05, 0.1) is 6.10 Å². The predicted molar refractivity (Wildman–Crippen MR) is 59.6 cm³/mol. The third kappa shape index (κ3) is 2.11. The molecule has 0 aromatic carbocycles. The first-order chi connectivity index (χ1) is 7.18. The van der Waals surface area contributed by atoms with Crippen LogP contribution in [0.4, 0.5) is 5.82 Å². The van der Waals surface area contributed by atoms with Gasteiger partial charge in [-0.1, -0.05) is 13.0 Å². The Kier molecular flexibility index (Phi) is 2.88. The number of rotatable bonds is 1. The number of aromatic nitrogens is 1. The minimum absolute atomic E-state index is 0.184. The zero-order valence-corrected chi connectivity index (χ0v) is 8.87. The summed E-state index contributed by atoms with van der Waals surface area (Å²) >= 11 is 0. The Labute approximate surface area is 89.7 Å². The Morgan fingerprint density at radius 1 is 1.47 bits per heavy atom. The molecule has 1 saturated heterocycles. The average Bonchev–Trinajstić information content (AvgIpc) is 2.26. The second-order valence-electron chi connectivity index (χ2n) is 4.22. The third-order valence-corrected chi connectivity index (χ3v) is 2.93. The zero-order chi connectivity index (χ0) is 10.8. The molecule has 3 atom stereocenters. The first-order valence-electron chi connectivity index (χ1n) is 5.28. The lowest BCUT2D eigenvalue weighted by molar-refractivity contribution is 0.0783. The maximum atomic E-state index is 9.74. The smallest absolute Gasteiger partial charge is 0.128 e. The molecule has 1 aromatic heterocycles. The minimum atomic E-state index is -0.398. The fourth-order valence-corrected chi connectivity index (χ4v) is 2.04. The van der Waals surface area contributed by atoms with Gasteiger partial charge in [-0.3, -0.25) is 0 Å². The highest BCUT2D eigenvalue weighted by molar-refractivity contribution is 5.39. The van der Waals surface area contributed by atoms with Crippen molar-refractivity contribution in [1.82, 2.24) is 4.98 Å². The lowest BCUT2D eigenvalue weighted by atomic mass is 9.93. The predicted octanol–water partition coefficient (Wildman–Crippen LogP) is 0.226. The fourth-order valence-electron chi connectivity index (χ4n) is 2.04. The summed E-state index contributed by atoms with van der Waals surface area (Å²) in [6, 6.07) is 5.64. The number of hydrogen-bond acceptors (Lipinski definition) is 4. The summed E-state index contributed by atoms with van der Waals surface area (Å²) in [7, 11) is 0. The summed E-state index contributed by atoms with van der Waals surface area (Å²) in [6.45, 7) is 3.49. The minimum Gasteiger partial charge on any atom is -0.391 e. The highest BCUT2D eigenvalue weighted by Gasteiger charge is 2.31. The third-order valence-electron chi connectivity index (χ3n) is 2.93. The van der Waals surface area contributed by atoms with Gasteiger partial charge >= 0.3 is 0 Å². The van der Waals surface area contributed by atoms with Gasteiger partial charge in [0, 0.05) is 31.2 Å². The van der Waals surface area contributed by atoms with Crippen molar-refractivity contribution >= 4 is 5.82 Å². The van der Waals surface area contributed by atoms with Crippen LogP contribution in [0.1, 0.15) is 6.92 Å². The van der Waals surface area contributed by atoms with Crippen LogP contribution in [0, 0.1) is 5.92 Å². The Balaban J connectivity index is 2.13. The summed E-state index contributed by atoms with van der Waals surface area (Å²) in [5.74, 6) is 1.13. The van der Waals surface area contributed by atoms with Gasteiger partial charge in [-0.15, -0.1) is 0 Å². The van der Waals surface area contributed by atoms with E-state index in [-0.39, 0.29) is 12.0 Å². The van der Waals surface area contributed by atoms with Crippen LogP contribution in [0.25, 0.3) is 0 Å².